The molecular weight excluding hydrogens is 302 g/mol. The summed E-state index contributed by atoms with van der Waals surface area (Å²) in [6.45, 7) is 4.94. The molecule has 2 rings (SSSR count). The molecule has 0 saturated heterocycles. The van der Waals surface area contributed by atoms with Gasteiger partial charge in [-0.3, -0.25) is 0 Å². The summed E-state index contributed by atoms with van der Waals surface area (Å²) in [5.41, 5.74) is 3.61. The van der Waals surface area contributed by atoms with Gasteiger partial charge in [-0.25, -0.2) is 0 Å². The van der Waals surface area contributed by atoms with E-state index in [1.54, 1.807) is 0 Å². The second-order valence-electron chi connectivity index (χ2n) is 4.68. The Morgan fingerprint density at radius 3 is 2.26 bits per heavy atom. The van der Waals surface area contributed by atoms with Crippen LogP contribution in [0, 0.1) is 13.8 Å². The van der Waals surface area contributed by atoms with E-state index in [1.807, 2.05) is 25.2 Å². The molecule has 0 amide bonds. The molecule has 3 heteroatoms. The maximum Gasteiger partial charge on any atom is 0.141 e. The quantitative estimate of drug-likeness (QED) is 0.890. The third-order valence-corrected chi connectivity index (χ3v) is 3.51. The lowest BCUT2D eigenvalue weighted by molar-refractivity contribution is 0.471. The van der Waals surface area contributed by atoms with Gasteiger partial charge in [0.25, 0.3) is 0 Å². The van der Waals surface area contributed by atoms with Gasteiger partial charge in [-0.15, -0.1) is 0 Å². The van der Waals surface area contributed by atoms with Crippen LogP contribution >= 0.6 is 15.9 Å². The smallest absolute Gasteiger partial charge is 0.141 e. The average molecular weight is 320 g/mol. The number of hydrogen-bond acceptors (Lipinski definition) is 2. The minimum Gasteiger partial charge on any atom is -0.456 e. The Balaban J connectivity index is 2.32. The Hall–Kier alpha value is -1.32. The van der Waals surface area contributed by atoms with Crippen LogP contribution in [0.15, 0.2) is 40.9 Å². The van der Waals surface area contributed by atoms with E-state index < -0.39 is 0 Å². The van der Waals surface area contributed by atoms with E-state index in [1.165, 1.54) is 11.1 Å². The van der Waals surface area contributed by atoms with Crippen LogP contribution < -0.4 is 10.1 Å². The fourth-order valence-corrected chi connectivity index (χ4v) is 2.52. The standard InChI is InChI=1S/C16H18BrNO/c1-11-4-6-15(13(8-11)10-18-3)19-16-7-5-12(2)9-14(16)17/h4-9,18H,10H2,1-3H3. The van der Waals surface area contributed by atoms with Gasteiger partial charge in [0.15, 0.2) is 0 Å². The third-order valence-electron chi connectivity index (χ3n) is 2.89. The van der Waals surface area contributed by atoms with Crippen molar-refractivity contribution in [3.05, 3.63) is 57.6 Å². The topological polar surface area (TPSA) is 21.3 Å². The molecule has 1 N–H and O–H groups in total. The molecule has 0 aliphatic heterocycles. The van der Waals surface area contributed by atoms with Gasteiger partial charge in [-0.1, -0.05) is 23.8 Å². The predicted molar refractivity (Wildman–Crippen MR) is 82.9 cm³/mol. The summed E-state index contributed by atoms with van der Waals surface area (Å²) in [4.78, 5) is 0. The van der Waals surface area contributed by atoms with Crippen LogP contribution in [0.1, 0.15) is 16.7 Å². The molecule has 0 bridgehead atoms. The first-order valence-corrected chi connectivity index (χ1v) is 7.07. The fraction of sp³-hybridized carbons (Fsp3) is 0.250. The van der Waals surface area contributed by atoms with Crippen molar-refractivity contribution in [2.24, 2.45) is 0 Å². The van der Waals surface area contributed by atoms with Gasteiger partial charge in [0.1, 0.15) is 11.5 Å². The van der Waals surface area contributed by atoms with Crippen molar-refractivity contribution in [3.63, 3.8) is 0 Å². The number of halogens is 1. The largest absolute Gasteiger partial charge is 0.456 e. The van der Waals surface area contributed by atoms with E-state index in [-0.39, 0.29) is 0 Å². The normalized spacial score (nSPS) is 10.5. The van der Waals surface area contributed by atoms with Crippen LogP contribution in [0.2, 0.25) is 0 Å². The number of rotatable bonds is 4. The molecule has 19 heavy (non-hydrogen) atoms. The minimum atomic E-state index is 0.792. The number of hydrogen-bond donors (Lipinski definition) is 1. The fourth-order valence-electron chi connectivity index (χ4n) is 1.94. The highest BCUT2D eigenvalue weighted by Gasteiger charge is 2.07. The van der Waals surface area contributed by atoms with Crippen molar-refractivity contribution >= 4 is 15.9 Å². The summed E-state index contributed by atoms with van der Waals surface area (Å²) in [6, 6.07) is 12.3. The van der Waals surface area contributed by atoms with Crippen LogP contribution in [0.4, 0.5) is 0 Å². The summed E-state index contributed by atoms with van der Waals surface area (Å²) in [7, 11) is 1.94. The molecule has 0 spiro atoms. The van der Waals surface area contributed by atoms with Crippen LogP contribution in [0.25, 0.3) is 0 Å². The van der Waals surface area contributed by atoms with Gasteiger partial charge < -0.3 is 10.1 Å². The first kappa shape index (κ1) is 14.1. The molecular formula is C16H18BrNO. The maximum absolute atomic E-state index is 6.02. The molecule has 0 heterocycles. The monoisotopic (exact) mass is 319 g/mol. The number of ether oxygens (including phenoxy) is 1. The molecule has 0 aromatic heterocycles. The predicted octanol–water partition coefficient (Wildman–Crippen LogP) is 4.58. The Morgan fingerprint density at radius 2 is 1.63 bits per heavy atom. The lowest BCUT2D eigenvalue weighted by Gasteiger charge is -2.13. The first-order valence-electron chi connectivity index (χ1n) is 6.28. The van der Waals surface area contributed by atoms with Crippen LogP contribution in [0.5, 0.6) is 11.5 Å². The molecule has 0 fully saturated rings. The van der Waals surface area contributed by atoms with Crippen molar-refractivity contribution in [2.45, 2.75) is 20.4 Å². The SMILES string of the molecule is CNCc1cc(C)ccc1Oc1ccc(C)cc1Br. The van der Waals surface area contributed by atoms with E-state index in [2.05, 4.69) is 53.3 Å². The van der Waals surface area contributed by atoms with Gasteiger partial charge in [-0.05, 0) is 60.6 Å². The van der Waals surface area contributed by atoms with Gasteiger partial charge in [0.05, 0.1) is 4.47 Å². The lowest BCUT2D eigenvalue weighted by Crippen LogP contribution is -2.06. The van der Waals surface area contributed by atoms with Crippen LogP contribution in [0.3, 0.4) is 0 Å². The Morgan fingerprint density at radius 1 is 1.00 bits per heavy atom. The Labute approximate surface area is 122 Å². The van der Waals surface area contributed by atoms with Crippen molar-refractivity contribution < 1.29 is 4.74 Å². The lowest BCUT2D eigenvalue weighted by atomic mass is 10.1. The van der Waals surface area contributed by atoms with Gasteiger partial charge >= 0.3 is 0 Å². The minimum absolute atomic E-state index is 0.792. The molecule has 0 unspecified atom stereocenters. The highest BCUT2D eigenvalue weighted by molar-refractivity contribution is 9.10. The zero-order valence-electron chi connectivity index (χ0n) is 11.5. The molecule has 0 aliphatic carbocycles. The molecule has 2 aromatic carbocycles. The number of benzene rings is 2. The first-order chi connectivity index (χ1) is 9.10. The van der Waals surface area contributed by atoms with Crippen molar-refractivity contribution in [2.75, 3.05) is 7.05 Å². The molecule has 0 radical (unpaired) electrons. The van der Waals surface area contributed by atoms with E-state index in [0.717, 1.165) is 28.1 Å². The Bertz CT molecular complexity index is 581. The molecule has 0 saturated carbocycles. The molecule has 0 aliphatic rings. The molecule has 2 aromatic rings. The zero-order valence-corrected chi connectivity index (χ0v) is 13.0. The summed E-state index contributed by atoms with van der Waals surface area (Å²) < 4.78 is 6.99. The summed E-state index contributed by atoms with van der Waals surface area (Å²) in [5, 5.41) is 3.17. The molecule has 100 valence electrons. The van der Waals surface area contributed by atoms with Crippen molar-refractivity contribution in [3.8, 4) is 11.5 Å². The van der Waals surface area contributed by atoms with Gasteiger partial charge in [0, 0.05) is 12.1 Å². The summed E-state index contributed by atoms with van der Waals surface area (Å²) >= 11 is 3.54. The highest BCUT2D eigenvalue weighted by atomic mass is 79.9. The number of nitrogens with one attached hydrogen (secondary N) is 1. The van der Waals surface area contributed by atoms with E-state index in [0.29, 0.717) is 0 Å². The van der Waals surface area contributed by atoms with Gasteiger partial charge in [0.2, 0.25) is 0 Å². The molecule has 0 atom stereocenters. The molecule has 2 nitrogen and oxygen atoms in total. The van der Waals surface area contributed by atoms with E-state index >= 15 is 0 Å². The third kappa shape index (κ3) is 3.58. The average Bonchev–Trinajstić information content (AvgIpc) is 2.36. The zero-order chi connectivity index (χ0) is 13.8. The van der Waals surface area contributed by atoms with Crippen molar-refractivity contribution in [1.29, 1.82) is 0 Å². The van der Waals surface area contributed by atoms with Crippen LogP contribution in [-0.2, 0) is 6.54 Å². The second-order valence-corrected chi connectivity index (χ2v) is 5.53. The van der Waals surface area contributed by atoms with Crippen LogP contribution in [-0.4, -0.2) is 7.05 Å². The summed E-state index contributed by atoms with van der Waals surface area (Å²) in [5.74, 6) is 1.73. The second kappa shape index (κ2) is 6.22. The van der Waals surface area contributed by atoms with Crippen molar-refractivity contribution in [1.82, 2.24) is 5.32 Å². The van der Waals surface area contributed by atoms with E-state index in [4.69, 9.17) is 4.74 Å². The van der Waals surface area contributed by atoms with E-state index in [9.17, 15) is 0 Å². The summed E-state index contributed by atoms with van der Waals surface area (Å²) in [6.07, 6.45) is 0. The maximum atomic E-state index is 6.02. The van der Waals surface area contributed by atoms with Gasteiger partial charge in [-0.2, -0.15) is 0 Å². The Kier molecular flexibility index (Phi) is 4.61. The number of aryl methyl sites for hydroxylation is 2. The highest BCUT2D eigenvalue weighted by Crippen LogP contribution is 2.32.